The van der Waals surface area contributed by atoms with Crippen molar-refractivity contribution in [1.29, 1.82) is 0 Å². The molecule has 0 saturated carbocycles. The van der Waals surface area contributed by atoms with Gasteiger partial charge in [-0.05, 0) is 26.8 Å². The summed E-state index contributed by atoms with van der Waals surface area (Å²) in [7, 11) is 0. The molecule has 0 aliphatic carbocycles. The summed E-state index contributed by atoms with van der Waals surface area (Å²) in [5.74, 6) is -0.350. The lowest BCUT2D eigenvalue weighted by Crippen LogP contribution is -2.13. The topological polar surface area (TPSA) is 44.1 Å². The van der Waals surface area contributed by atoms with Crippen molar-refractivity contribution in [1.82, 2.24) is 9.78 Å². The van der Waals surface area contributed by atoms with E-state index in [1.807, 2.05) is 24.6 Å². The van der Waals surface area contributed by atoms with Crippen molar-refractivity contribution >= 4 is 5.97 Å². The van der Waals surface area contributed by atoms with Crippen molar-refractivity contribution in [3.05, 3.63) is 29.6 Å². The lowest BCUT2D eigenvalue weighted by Gasteiger charge is -2.05. The summed E-state index contributed by atoms with van der Waals surface area (Å²) >= 11 is 0. The van der Waals surface area contributed by atoms with Crippen molar-refractivity contribution < 1.29 is 9.53 Å². The Labute approximate surface area is 89.5 Å². The first-order chi connectivity index (χ1) is 7.00. The Hall–Kier alpha value is -1.58. The number of carbonyl (C=O) groups excluding carboxylic acids is 1. The van der Waals surface area contributed by atoms with Crippen molar-refractivity contribution in [2.24, 2.45) is 0 Å². The number of carbonyl (C=O) groups is 1. The zero-order chi connectivity index (χ0) is 11.4. The number of aromatic nitrogens is 2. The van der Waals surface area contributed by atoms with E-state index in [0.29, 0.717) is 18.7 Å². The van der Waals surface area contributed by atoms with Crippen LogP contribution in [0.25, 0.3) is 0 Å². The predicted octanol–water partition coefficient (Wildman–Crippen LogP) is 1.62. The highest BCUT2D eigenvalue weighted by atomic mass is 16.5. The quantitative estimate of drug-likeness (QED) is 0.558. The SMILES string of the molecule is C=C(C)C(=O)OCCn1nc(C)cc1C. The maximum Gasteiger partial charge on any atom is 0.333 e. The van der Waals surface area contributed by atoms with Crippen LogP contribution in [0.4, 0.5) is 0 Å². The van der Waals surface area contributed by atoms with E-state index in [2.05, 4.69) is 11.7 Å². The Kier molecular flexibility index (Phi) is 3.66. The fourth-order valence-electron chi connectivity index (χ4n) is 1.25. The summed E-state index contributed by atoms with van der Waals surface area (Å²) in [4.78, 5) is 11.1. The summed E-state index contributed by atoms with van der Waals surface area (Å²) in [5.41, 5.74) is 2.46. The summed E-state index contributed by atoms with van der Waals surface area (Å²) in [6.07, 6.45) is 0. The van der Waals surface area contributed by atoms with Gasteiger partial charge in [-0.15, -0.1) is 0 Å². The standard InChI is InChI=1S/C11H16N2O2/c1-8(2)11(14)15-6-5-13-10(4)7-9(3)12-13/h7H,1,5-6H2,2-4H3. The van der Waals surface area contributed by atoms with Crippen LogP contribution in [-0.4, -0.2) is 22.4 Å². The second kappa shape index (κ2) is 4.77. The molecule has 4 heteroatoms. The molecule has 0 fully saturated rings. The number of hydrogen-bond acceptors (Lipinski definition) is 3. The molecule has 1 aromatic heterocycles. The molecule has 0 N–H and O–H groups in total. The summed E-state index contributed by atoms with van der Waals surface area (Å²) in [6.45, 7) is 9.95. The van der Waals surface area contributed by atoms with E-state index in [4.69, 9.17) is 4.74 Å². The predicted molar refractivity (Wildman–Crippen MR) is 57.5 cm³/mol. The molecule has 0 bridgehead atoms. The zero-order valence-electron chi connectivity index (χ0n) is 9.41. The Morgan fingerprint density at radius 3 is 2.73 bits per heavy atom. The van der Waals surface area contributed by atoms with Crippen LogP contribution in [0.2, 0.25) is 0 Å². The lowest BCUT2D eigenvalue weighted by molar-refractivity contribution is -0.139. The normalized spacial score (nSPS) is 10.1. The van der Waals surface area contributed by atoms with Crippen molar-refractivity contribution in [3.8, 4) is 0 Å². The first-order valence-electron chi connectivity index (χ1n) is 4.84. The Bertz CT molecular complexity index is 380. The highest BCUT2D eigenvalue weighted by molar-refractivity contribution is 5.86. The third kappa shape index (κ3) is 3.23. The molecule has 0 aliphatic rings. The van der Waals surface area contributed by atoms with E-state index >= 15 is 0 Å². The van der Waals surface area contributed by atoms with Crippen LogP contribution in [0, 0.1) is 13.8 Å². The second-order valence-electron chi connectivity index (χ2n) is 3.57. The zero-order valence-corrected chi connectivity index (χ0v) is 9.41. The van der Waals surface area contributed by atoms with Crippen LogP contribution in [0.1, 0.15) is 18.3 Å². The monoisotopic (exact) mass is 208 g/mol. The first kappa shape index (κ1) is 11.5. The van der Waals surface area contributed by atoms with E-state index in [1.54, 1.807) is 6.92 Å². The number of hydrogen-bond donors (Lipinski definition) is 0. The molecule has 0 spiro atoms. The van der Waals surface area contributed by atoms with Gasteiger partial charge >= 0.3 is 5.97 Å². The smallest absolute Gasteiger partial charge is 0.333 e. The minimum Gasteiger partial charge on any atom is -0.460 e. The van der Waals surface area contributed by atoms with Crippen molar-refractivity contribution in [2.45, 2.75) is 27.3 Å². The number of nitrogens with zero attached hydrogens (tertiary/aromatic N) is 2. The third-order valence-electron chi connectivity index (χ3n) is 1.99. The molecule has 0 atom stereocenters. The number of rotatable bonds is 4. The van der Waals surface area contributed by atoms with Crippen LogP contribution in [0.5, 0.6) is 0 Å². The number of ether oxygens (including phenoxy) is 1. The van der Waals surface area contributed by atoms with Crippen LogP contribution >= 0.6 is 0 Å². The van der Waals surface area contributed by atoms with E-state index in [-0.39, 0.29) is 5.97 Å². The van der Waals surface area contributed by atoms with Crippen LogP contribution < -0.4 is 0 Å². The molecule has 82 valence electrons. The van der Waals surface area contributed by atoms with Gasteiger partial charge in [0.2, 0.25) is 0 Å². The summed E-state index contributed by atoms with van der Waals surface area (Å²) in [5, 5.41) is 4.25. The van der Waals surface area contributed by atoms with E-state index in [9.17, 15) is 4.79 Å². The highest BCUT2D eigenvalue weighted by Gasteiger charge is 2.04. The molecule has 0 unspecified atom stereocenters. The largest absolute Gasteiger partial charge is 0.460 e. The average molecular weight is 208 g/mol. The maximum atomic E-state index is 11.1. The Balaban J connectivity index is 2.41. The molecule has 0 saturated heterocycles. The minimum atomic E-state index is -0.350. The van der Waals surface area contributed by atoms with E-state index in [0.717, 1.165) is 11.4 Å². The summed E-state index contributed by atoms with van der Waals surface area (Å²) < 4.78 is 6.79. The lowest BCUT2D eigenvalue weighted by atomic mass is 10.4. The van der Waals surface area contributed by atoms with Crippen LogP contribution in [-0.2, 0) is 16.1 Å². The molecule has 1 rings (SSSR count). The van der Waals surface area contributed by atoms with Gasteiger partial charge in [0, 0.05) is 11.3 Å². The average Bonchev–Trinajstić information content (AvgIpc) is 2.45. The Morgan fingerprint density at radius 1 is 1.60 bits per heavy atom. The van der Waals surface area contributed by atoms with Gasteiger partial charge in [-0.3, -0.25) is 4.68 Å². The van der Waals surface area contributed by atoms with E-state index in [1.165, 1.54) is 0 Å². The van der Waals surface area contributed by atoms with Crippen LogP contribution in [0.15, 0.2) is 18.2 Å². The molecule has 4 nitrogen and oxygen atoms in total. The fourth-order valence-corrected chi connectivity index (χ4v) is 1.25. The number of aryl methyl sites for hydroxylation is 2. The van der Waals surface area contributed by atoms with Gasteiger partial charge in [0.05, 0.1) is 12.2 Å². The molecular weight excluding hydrogens is 192 g/mol. The van der Waals surface area contributed by atoms with Gasteiger partial charge < -0.3 is 4.74 Å². The molecule has 15 heavy (non-hydrogen) atoms. The van der Waals surface area contributed by atoms with Gasteiger partial charge in [-0.25, -0.2) is 4.79 Å². The van der Waals surface area contributed by atoms with Gasteiger partial charge in [0.1, 0.15) is 6.61 Å². The second-order valence-corrected chi connectivity index (χ2v) is 3.57. The molecule has 0 aliphatic heterocycles. The first-order valence-corrected chi connectivity index (χ1v) is 4.84. The third-order valence-corrected chi connectivity index (χ3v) is 1.99. The molecule has 0 aromatic carbocycles. The minimum absolute atomic E-state index is 0.327. The van der Waals surface area contributed by atoms with Crippen molar-refractivity contribution in [2.75, 3.05) is 6.61 Å². The van der Waals surface area contributed by atoms with Gasteiger partial charge in [0.15, 0.2) is 0 Å². The molecule has 0 amide bonds. The molecule has 1 heterocycles. The molecule has 0 radical (unpaired) electrons. The summed E-state index contributed by atoms with van der Waals surface area (Å²) in [6, 6.07) is 1.99. The highest BCUT2D eigenvalue weighted by Crippen LogP contribution is 2.01. The Morgan fingerprint density at radius 2 is 2.27 bits per heavy atom. The van der Waals surface area contributed by atoms with Crippen LogP contribution in [0.3, 0.4) is 0 Å². The van der Waals surface area contributed by atoms with Gasteiger partial charge in [-0.2, -0.15) is 5.10 Å². The maximum absolute atomic E-state index is 11.1. The van der Waals surface area contributed by atoms with E-state index < -0.39 is 0 Å². The van der Waals surface area contributed by atoms with Gasteiger partial charge in [0.25, 0.3) is 0 Å². The molecular formula is C11H16N2O2. The molecule has 1 aromatic rings. The fraction of sp³-hybridized carbons (Fsp3) is 0.455. The van der Waals surface area contributed by atoms with Gasteiger partial charge in [-0.1, -0.05) is 6.58 Å². The number of esters is 1. The van der Waals surface area contributed by atoms with Crippen molar-refractivity contribution in [3.63, 3.8) is 0 Å².